The molecule has 7 heteroatoms. The van der Waals surface area contributed by atoms with E-state index in [0.29, 0.717) is 42.5 Å². The number of ketones is 1. The van der Waals surface area contributed by atoms with E-state index in [-0.39, 0.29) is 17.9 Å². The van der Waals surface area contributed by atoms with E-state index in [2.05, 4.69) is 15.0 Å². The number of aldehydes is 1. The van der Waals surface area contributed by atoms with Gasteiger partial charge in [-0.25, -0.2) is 15.0 Å². The second-order valence-corrected chi connectivity index (χ2v) is 7.14. The van der Waals surface area contributed by atoms with E-state index in [1.807, 2.05) is 30.0 Å². The Balaban J connectivity index is 1.33. The Labute approximate surface area is 155 Å². The number of hydrogen-bond acceptors (Lipinski definition) is 7. The van der Waals surface area contributed by atoms with Gasteiger partial charge in [-0.15, -0.1) is 0 Å². The molecule has 0 radical (unpaired) electrons. The molecule has 0 N–H and O–H groups in total. The van der Waals surface area contributed by atoms with Crippen LogP contribution in [-0.4, -0.2) is 45.7 Å². The Morgan fingerprint density at radius 3 is 3.15 bits per heavy atom. The molecule has 3 heterocycles. The van der Waals surface area contributed by atoms with Crippen LogP contribution >= 0.6 is 0 Å². The number of Topliss-reactive ketones (excluding diaryl/α,β-unsaturated/α-hetero) is 1. The molecule has 1 aromatic carbocycles. The van der Waals surface area contributed by atoms with Crippen molar-refractivity contribution in [3.05, 3.63) is 41.4 Å². The highest BCUT2D eigenvalue weighted by molar-refractivity contribution is 6.42. The molecule has 136 valence electrons. The summed E-state index contributed by atoms with van der Waals surface area (Å²) in [7, 11) is 0. The molecule has 7 nitrogen and oxygen atoms in total. The maximum Gasteiger partial charge on any atom is 0.226 e. The van der Waals surface area contributed by atoms with Crippen molar-refractivity contribution in [1.29, 1.82) is 0 Å². The van der Waals surface area contributed by atoms with Crippen LogP contribution in [0.25, 0.3) is 11.1 Å². The van der Waals surface area contributed by atoms with Crippen molar-refractivity contribution in [3.63, 3.8) is 0 Å². The highest BCUT2D eigenvalue weighted by Gasteiger charge is 2.50. The van der Waals surface area contributed by atoms with Crippen LogP contribution in [0.2, 0.25) is 0 Å². The van der Waals surface area contributed by atoms with Crippen LogP contribution in [0.1, 0.15) is 30.7 Å². The summed E-state index contributed by atoms with van der Waals surface area (Å²) in [6.45, 7) is 1.81. The standard InChI is InChI=1S/C20H18N4O3/c1-11-21-16-8-12(3-7-19(16)27-11)2-6-18(26)14-5-4-13(10-25)24-17-9-15(17)23-20(24)22-14/h3-4,7-8,10,15,17H,2,5-6,9H2,1H3. The number of aryl methyl sites for hydroxylation is 2. The maximum atomic E-state index is 12.7. The van der Waals surface area contributed by atoms with Gasteiger partial charge < -0.3 is 9.32 Å². The Kier molecular flexibility index (Phi) is 3.56. The average molecular weight is 362 g/mol. The monoisotopic (exact) mass is 362 g/mol. The van der Waals surface area contributed by atoms with Crippen LogP contribution < -0.4 is 0 Å². The molecule has 0 amide bonds. The highest BCUT2D eigenvalue weighted by atomic mass is 16.3. The number of carbonyl (C=O) groups excluding carboxylic acids is 2. The lowest BCUT2D eigenvalue weighted by molar-refractivity contribution is -0.113. The largest absolute Gasteiger partial charge is 0.441 e. The lowest BCUT2D eigenvalue weighted by atomic mass is 10.0. The number of nitrogens with zero attached hydrogens (tertiary/aromatic N) is 4. The Morgan fingerprint density at radius 2 is 2.30 bits per heavy atom. The van der Waals surface area contributed by atoms with E-state index in [1.165, 1.54) is 0 Å². The molecule has 5 rings (SSSR count). The fraction of sp³-hybridized carbons (Fsp3) is 0.350. The molecule has 0 bridgehead atoms. The molecule has 1 saturated carbocycles. The molecule has 0 saturated heterocycles. The zero-order valence-electron chi connectivity index (χ0n) is 14.9. The van der Waals surface area contributed by atoms with Crippen molar-refractivity contribution in [2.24, 2.45) is 9.98 Å². The van der Waals surface area contributed by atoms with Crippen molar-refractivity contribution < 1.29 is 14.0 Å². The molecule has 3 aliphatic rings. The number of allylic oxidation sites excluding steroid dienone is 2. The van der Waals surface area contributed by atoms with Crippen LogP contribution in [0.5, 0.6) is 0 Å². The van der Waals surface area contributed by atoms with Gasteiger partial charge in [0, 0.05) is 19.8 Å². The summed E-state index contributed by atoms with van der Waals surface area (Å²) >= 11 is 0. The van der Waals surface area contributed by atoms with Gasteiger partial charge in [-0.05, 0) is 30.5 Å². The summed E-state index contributed by atoms with van der Waals surface area (Å²) in [6.07, 6.45) is 4.89. The predicted molar refractivity (Wildman–Crippen MR) is 99.7 cm³/mol. The molecule has 27 heavy (non-hydrogen) atoms. The minimum atomic E-state index is -0.0157. The first-order valence-electron chi connectivity index (χ1n) is 9.11. The minimum Gasteiger partial charge on any atom is -0.441 e. The first kappa shape index (κ1) is 16.1. The van der Waals surface area contributed by atoms with Crippen molar-refractivity contribution >= 4 is 34.8 Å². The van der Waals surface area contributed by atoms with Gasteiger partial charge >= 0.3 is 0 Å². The van der Waals surface area contributed by atoms with Crippen molar-refractivity contribution in [1.82, 2.24) is 9.88 Å². The number of oxazole rings is 1. The summed E-state index contributed by atoms with van der Waals surface area (Å²) in [5.74, 6) is 1.12. The minimum absolute atomic E-state index is 0.0157. The molecule has 0 spiro atoms. The summed E-state index contributed by atoms with van der Waals surface area (Å²) in [4.78, 5) is 39.3. The second kappa shape index (κ2) is 5.97. The van der Waals surface area contributed by atoms with Gasteiger partial charge in [0.2, 0.25) is 5.96 Å². The zero-order valence-corrected chi connectivity index (χ0v) is 14.9. The van der Waals surface area contributed by atoms with Gasteiger partial charge in [0.05, 0.1) is 23.5 Å². The fourth-order valence-corrected chi connectivity index (χ4v) is 3.73. The zero-order chi connectivity index (χ0) is 18.5. The quantitative estimate of drug-likeness (QED) is 0.762. The van der Waals surface area contributed by atoms with E-state index in [1.54, 1.807) is 6.08 Å². The first-order chi connectivity index (χ1) is 13.1. The van der Waals surface area contributed by atoms with Gasteiger partial charge in [-0.1, -0.05) is 12.1 Å². The maximum absolute atomic E-state index is 12.7. The molecule has 1 aromatic heterocycles. The molecule has 2 unspecified atom stereocenters. The third-order valence-electron chi connectivity index (χ3n) is 5.21. The number of guanidine groups is 1. The van der Waals surface area contributed by atoms with Crippen LogP contribution in [-0.2, 0) is 16.0 Å². The Bertz CT molecular complexity index is 1060. The van der Waals surface area contributed by atoms with Crippen LogP contribution in [0, 0.1) is 6.92 Å². The summed E-state index contributed by atoms with van der Waals surface area (Å²) in [5.41, 5.74) is 3.62. The van der Waals surface area contributed by atoms with Crippen LogP contribution in [0.15, 0.2) is 44.4 Å². The van der Waals surface area contributed by atoms with Gasteiger partial charge in [-0.3, -0.25) is 9.59 Å². The van der Waals surface area contributed by atoms with Crippen molar-refractivity contribution in [3.8, 4) is 0 Å². The van der Waals surface area contributed by atoms with Crippen LogP contribution in [0.3, 0.4) is 0 Å². The normalized spacial score (nSPS) is 23.1. The lowest BCUT2D eigenvalue weighted by Gasteiger charge is -2.17. The SMILES string of the molecule is Cc1nc2cc(CCC(=O)C3=NC4=NC5CC5N4C(C=O)=CC3)ccc2o1. The van der Waals surface area contributed by atoms with Gasteiger partial charge in [0.1, 0.15) is 5.52 Å². The van der Waals surface area contributed by atoms with E-state index in [0.717, 1.165) is 29.4 Å². The smallest absolute Gasteiger partial charge is 0.226 e. The third-order valence-corrected chi connectivity index (χ3v) is 5.21. The predicted octanol–water partition coefficient (Wildman–Crippen LogP) is 2.38. The molecule has 2 atom stereocenters. The lowest BCUT2D eigenvalue weighted by Crippen LogP contribution is -2.29. The Morgan fingerprint density at radius 1 is 1.41 bits per heavy atom. The average Bonchev–Trinajstić information content (AvgIpc) is 3.24. The first-order valence-corrected chi connectivity index (χ1v) is 9.11. The fourth-order valence-electron chi connectivity index (χ4n) is 3.73. The number of rotatable bonds is 5. The second-order valence-electron chi connectivity index (χ2n) is 7.14. The van der Waals surface area contributed by atoms with Crippen molar-refractivity contribution in [2.75, 3.05) is 0 Å². The summed E-state index contributed by atoms with van der Waals surface area (Å²) in [5, 5.41) is 0. The topological polar surface area (TPSA) is 88.1 Å². The number of carbonyl (C=O) groups is 2. The van der Waals surface area contributed by atoms with Gasteiger partial charge in [-0.2, -0.15) is 0 Å². The summed E-state index contributed by atoms with van der Waals surface area (Å²) < 4.78 is 5.48. The van der Waals surface area contributed by atoms with E-state index < -0.39 is 0 Å². The highest BCUT2D eigenvalue weighted by Crippen LogP contribution is 2.40. The number of hydrogen-bond donors (Lipinski definition) is 0. The molecular formula is C20H18N4O3. The van der Waals surface area contributed by atoms with Gasteiger partial charge in [0.15, 0.2) is 23.5 Å². The molecule has 1 aliphatic carbocycles. The van der Waals surface area contributed by atoms with E-state index >= 15 is 0 Å². The van der Waals surface area contributed by atoms with Crippen molar-refractivity contribution in [2.45, 2.75) is 44.7 Å². The number of aliphatic imine (C=N–C) groups is 2. The Hall–Kier alpha value is -3.09. The van der Waals surface area contributed by atoms with Gasteiger partial charge in [0.25, 0.3) is 0 Å². The number of benzene rings is 1. The van der Waals surface area contributed by atoms with Crippen LogP contribution in [0.4, 0.5) is 0 Å². The molecular weight excluding hydrogens is 344 g/mol. The van der Waals surface area contributed by atoms with E-state index in [9.17, 15) is 9.59 Å². The third kappa shape index (κ3) is 2.79. The molecule has 2 aliphatic heterocycles. The van der Waals surface area contributed by atoms with E-state index in [4.69, 9.17) is 4.42 Å². The number of fused-ring (bicyclic) bond motifs is 4. The number of aromatic nitrogens is 1. The molecule has 2 aromatic rings. The molecule has 1 fully saturated rings. The summed E-state index contributed by atoms with van der Waals surface area (Å²) in [6, 6.07) is 6.26.